The lowest BCUT2D eigenvalue weighted by Gasteiger charge is -2.19. The molecule has 0 atom stereocenters. The summed E-state index contributed by atoms with van der Waals surface area (Å²) in [7, 11) is -3.68. The number of aromatic nitrogens is 1. The van der Waals surface area contributed by atoms with Crippen molar-refractivity contribution in [2.75, 3.05) is 26.2 Å². The zero-order chi connectivity index (χ0) is 26.1. The van der Waals surface area contributed by atoms with E-state index in [-0.39, 0.29) is 11.4 Å². The van der Waals surface area contributed by atoms with E-state index in [9.17, 15) is 8.42 Å². The van der Waals surface area contributed by atoms with Gasteiger partial charge < -0.3 is 0 Å². The van der Waals surface area contributed by atoms with Gasteiger partial charge in [0.05, 0.1) is 4.90 Å². The van der Waals surface area contributed by atoms with Crippen LogP contribution in [-0.2, 0) is 10.0 Å². The number of nitrogens with zero attached hydrogens (tertiary/aromatic N) is 2. The van der Waals surface area contributed by atoms with Crippen LogP contribution in [0, 0.1) is 0 Å². The third kappa shape index (κ3) is 7.99. The number of fused-ring (bicyclic) bond motifs is 1. The van der Waals surface area contributed by atoms with Crippen molar-refractivity contribution in [3.63, 3.8) is 0 Å². The Hall–Kier alpha value is -3.00. The first kappa shape index (κ1) is 27.0. The average molecular weight is 553 g/mol. The molecule has 3 aromatic carbocycles. The summed E-state index contributed by atoms with van der Waals surface area (Å²) < 4.78 is 28.9. The first-order valence-electron chi connectivity index (χ1n) is 11.8. The number of benzene rings is 3. The minimum atomic E-state index is -3.68. The number of hydrogen-bond donors (Lipinski definition) is 1. The molecule has 0 saturated carbocycles. The highest BCUT2D eigenvalue weighted by Crippen LogP contribution is 2.21. The summed E-state index contributed by atoms with van der Waals surface area (Å²) in [5, 5.41) is 2.83. The highest BCUT2D eigenvalue weighted by atomic mass is 35.5. The van der Waals surface area contributed by atoms with Gasteiger partial charge in [-0.3, -0.25) is 9.88 Å². The van der Waals surface area contributed by atoms with E-state index in [0.29, 0.717) is 35.1 Å². The highest BCUT2D eigenvalue weighted by molar-refractivity contribution is 7.89. The van der Waals surface area contributed by atoms with Crippen LogP contribution in [-0.4, -0.2) is 44.5 Å². The van der Waals surface area contributed by atoms with Gasteiger partial charge in [-0.2, -0.15) is 0 Å². The van der Waals surface area contributed by atoms with Crippen molar-refractivity contribution < 1.29 is 8.42 Å². The van der Waals surface area contributed by atoms with E-state index in [0.717, 1.165) is 16.5 Å². The molecule has 1 aromatic heterocycles. The lowest BCUT2D eigenvalue weighted by Crippen LogP contribution is -2.35. The van der Waals surface area contributed by atoms with Crippen LogP contribution >= 0.6 is 23.2 Å². The summed E-state index contributed by atoms with van der Waals surface area (Å²) in [6.45, 7) is 2.10. The normalized spacial score (nSPS) is 12.3. The van der Waals surface area contributed by atoms with E-state index in [1.807, 2.05) is 66.7 Å². The summed E-state index contributed by atoms with van der Waals surface area (Å²) in [5.41, 5.74) is 2.10. The fourth-order valence-corrected chi connectivity index (χ4v) is 5.32. The number of halogens is 2. The largest absolute Gasteiger partial charge is 0.295 e. The predicted molar refractivity (Wildman–Crippen MR) is 154 cm³/mol. The molecule has 1 heterocycles. The van der Waals surface area contributed by atoms with Gasteiger partial charge in [0.2, 0.25) is 10.0 Å². The van der Waals surface area contributed by atoms with Crippen LogP contribution in [0.1, 0.15) is 11.1 Å². The van der Waals surface area contributed by atoms with E-state index < -0.39 is 10.0 Å². The number of hydrogen-bond acceptors (Lipinski definition) is 4. The number of nitrogens with one attached hydrogen (secondary N) is 1. The van der Waals surface area contributed by atoms with Gasteiger partial charge >= 0.3 is 0 Å². The average Bonchev–Trinajstić information content (AvgIpc) is 2.90. The van der Waals surface area contributed by atoms with Crippen molar-refractivity contribution in [2.45, 2.75) is 4.90 Å². The Balaban J connectivity index is 1.42. The molecule has 0 aliphatic heterocycles. The van der Waals surface area contributed by atoms with Crippen molar-refractivity contribution >= 4 is 56.1 Å². The van der Waals surface area contributed by atoms with Crippen LogP contribution in [0.25, 0.3) is 22.9 Å². The maximum absolute atomic E-state index is 13.1. The molecule has 0 unspecified atom stereocenters. The Morgan fingerprint density at radius 1 is 0.811 bits per heavy atom. The Bertz CT molecular complexity index is 1420. The molecule has 0 aliphatic carbocycles. The van der Waals surface area contributed by atoms with Gasteiger partial charge in [-0.25, -0.2) is 13.1 Å². The van der Waals surface area contributed by atoms with Gasteiger partial charge in [-0.15, -0.1) is 0 Å². The van der Waals surface area contributed by atoms with Gasteiger partial charge in [0.1, 0.15) is 0 Å². The van der Waals surface area contributed by atoms with Gasteiger partial charge in [0.15, 0.2) is 0 Å². The second-order valence-corrected chi connectivity index (χ2v) is 11.0. The summed E-state index contributed by atoms with van der Waals surface area (Å²) in [5.74, 6) is 0. The van der Waals surface area contributed by atoms with Crippen LogP contribution < -0.4 is 4.72 Å². The van der Waals surface area contributed by atoms with E-state index in [2.05, 4.69) is 26.8 Å². The van der Waals surface area contributed by atoms with Crippen molar-refractivity contribution in [3.05, 3.63) is 119 Å². The first-order chi connectivity index (χ1) is 17.9. The molecule has 0 radical (unpaired) electrons. The topological polar surface area (TPSA) is 62.3 Å². The summed E-state index contributed by atoms with van der Waals surface area (Å²) >= 11 is 12.0. The second kappa shape index (κ2) is 13.0. The fraction of sp³-hybridized carbons (Fsp3) is 0.138. The molecular formula is C29H27Cl2N3O2S. The summed E-state index contributed by atoms with van der Waals surface area (Å²) in [6.07, 6.45) is 11.4. The predicted octanol–water partition coefficient (Wildman–Crippen LogP) is 6.55. The number of sulfonamides is 1. The van der Waals surface area contributed by atoms with E-state index >= 15 is 0 Å². The molecule has 0 spiro atoms. The molecule has 0 fully saturated rings. The third-order valence-corrected chi connectivity index (χ3v) is 7.76. The molecule has 0 bridgehead atoms. The summed E-state index contributed by atoms with van der Waals surface area (Å²) in [6, 6.07) is 22.2. The van der Waals surface area contributed by atoms with Crippen LogP contribution in [0.3, 0.4) is 0 Å². The van der Waals surface area contributed by atoms with Gasteiger partial charge in [-0.05, 0) is 47.5 Å². The standard InChI is InChI=1S/C29H27Cl2N3O2S/c30-26-12-8-23(9-13-26)4-2-19-34(20-3-5-24-10-14-27(31)15-11-24)21-18-33-37(35,36)29-7-1-6-25-22-32-17-16-28(25)29/h1-17,22,33H,18-21H2/b4-2+,5-3+. The minimum Gasteiger partial charge on any atom is -0.295 e. The highest BCUT2D eigenvalue weighted by Gasteiger charge is 2.17. The molecule has 8 heteroatoms. The third-order valence-electron chi connectivity index (χ3n) is 5.74. The van der Waals surface area contributed by atoms with Crippen molar-refractivity contribution in [1.29, 1.82) is 0 Å². The number of pyridine rings is 1. The van der Waals surface area contributed by atoms with Gasteiger partial charge in [-0.1, -0.05) is 83.9 Å². The Labute approximate surface area is 228 Å². The van der Waals surface area contributed by atoms with E-state index in [1.165, 1.54) is 0 Å². The van der Waals surface area contributed by atoms with Gasteiger partial charge in [0, 0.05) is 59.4 Å². The van der Waals surface area contributed by atoms with Crippen LogP contribution in [0.4, 0.5) is 0 Å². The zero-order valence-electron chi connectivity index (χ0n) is 20.1. The monoisotopic (exact) mass is 551 g/mol. The number of rotatable bonds is 11. The molecule has 37 heavy (non-hydrogen) atoms. The fourth-order valence-electron chi connectivity index (χ4n) is 3.82. The Morgan fingerprint density at radius 3 is 2.00 bits per heavy atom. The second-order valence-electron chi connectivity index (χ2n) is 8.42. The maximum Gasteiger partial charge on any atom is 0.241 e. The van der Waals surface area contributed by atoms with Crippen LogP contribution in [0.15, 0.2) is 102 Å². The SMILES string of the molecule is O=S(=O)(NCCN(C/C=C/c1ccc(Cl)cc1)C/C=C/c1ccc(Cl)cc1)c1cccc2cnccc12. The molecule has 190 valence electrons. The van der Waals surface area contributed by atoms with Crippen molar-refractivity contribution in [2.24, 2.45) is 0 Å². The smallest absolute Gasteiger partial charge is 0.241 e. The maximum atomic E-state index is 13.1. The molecule has 1 N–H and O–H groups in total. The molecule has 4 aromatic rings. The Kier molecular flexibility index (Phi) is 9.50. The first-order valence-corrected chi connectivity index (χ1v) is 14.0. The summed E-state index contributed by atoms with van der Waals surface area (Å²) in [4.78, 5) is 6.50. The minimum absolute atomic E-state index is 0.254. The van der Waals surface area contributed by atoms with Crippen molar-refractivity contribution in [1.82, 2.24) is 14.6 Å². The van der Waals surface area contributed by atoms with Gasteiger partial charge in [0.25, 0.3) is 0 Å². The molecule has 5 nitrogen and oxygen atoms in total. The van der Waals surface area contributed by atoms with E-state index in [4.69, 9.17) is 23.2 Å². The van der Waals surface area contributed by atoms with Crippen molar-refractivity contribution in [3.8, 4) is 0 Å². The molecular weight excluding hydrogens is 525 g/mol. The molecule has 4 rings (SSSR count). The molecule has 0 amide bonds. The van der Waals surface area contributed by atoms with E-state index in [1.54, 1.807) is 30.6 Å². The quantitative estimate of drug-likeness (QED) is 0.229. The van der Waals surface area contributed by atoms with Crippen LogP contribution in [0.5, 0.6) is 0 Å². The lowest BCUT2D eigenvalue weighted by atomic mass is 10.2. The lowest BCUT2D eigenvalue weighted by molar-refractivity contribution is 0.341. The Morgan fingerprint density at radius 2 is 1.41 bits per heavy atom. The molecule has 0 saturated heterocycles. The van der Waals surface area contributed by atoms with Crippen LogP contribution in [0.2, 0.25) is 10.0 Å². The molecule has 0 aliphatic rings. The zero-order valence-corrected chi connectivity index (χ0v) is 22.4.